The number of nitrogens with two attached hydrogens (primary N) is 2. The Morgan fingerprint density at radius 1 is 1.38 bits per heavy atom. The zero-order valence-electron chi connectivity index (χ0n) is 13.7. The summed E-state index contributed by atoms with van der Waals surface area (Å²) in [5.41, 5.74) is 13.2. The summed E-state index contributed by atoms with van der Waals surface area (Å²) in [6.45, 7) is 1.35. The molecule has 1 aromatic carbocycles. The molecule has 0 saturated carbocycles. The minimum absolute atomic E-state index is 0.0870. The van der Waals surface area contributed by atoms with Crippen molar-refractivity contribution in [3.05, 3.63) is 34.9 Å². The number of carbonyl (C=O) groups is 1. The molecule has 1 unspecified atom stereocenters. The fourth-order valence-electron chi connectivity index (χ4n) is 2.96. The van der Waals surface area contributed by atoms with E-state index in [1.165, 1.54) is 0 Å². The van der Waals surface area contributed by atoms with Crippen molar-refractivity contribution in [1.29, 1.82) is 0 Å². The quantitative estimate of drug-likeness (QED) is 0.731. The molecule has 1 aliphatic rings. The topological polar surface area (TPSA) is 106 Å². The van der Waals surface area contributed by atoms with Crippen molar-refractivity contribution < 1.29 is 13.2 Å². The highest BCUT2D eigenvalue weighted by Crippen LogP contribution is 2.25. The summed E-state index contributed by atoms with van der Waals surface area (Å²) < 4.78 is 22.4. The normalized spacial score (nSPS) is 23.3. The van der Waals surface area contributed by atoms with Gasteiger partial charge >= 0.3 is 0 Å². The lowest BCUT2D eigenvalue weighted by atomic mass is 9.94. The van der Waals surface area contributed by atoms with E-state index in [2.05, 4.69) is 0 Å². The number of benzene rings is 1. The van der Waals surface area contributed by atoms with E-state index in [1.807, 2.05) is 29.2 Å². The number of Topliss-reactive ketones (excluding diaryl/α,β-unsaturated/α-hetero) is 1. The molecule has 0 amide bonds. The highest BCUT2D eigenvalue weighted by Gasteiger charge is 2.38. The third-order valence-electron chi connectivity index (χ3n) is 4.39. The van der Waals surface area contributed by atoms with E-state index >= 15 is 0 Å². The van der Waals surface area contributed by atoms with Crippen molar-refractivity contribution in [2.75, 3.05) is 18.6 Å². The van der Waals surface area contributed by atoms with Gasteiger partial charge in [-0.15, -0.1) is 0 Å². The summed E-state index contributed by atoms with van der Waals surface area (Å²) in [5.74, 6) is -0.590. The van der Waals surface area contributed by atoms with Crippen molar-refractivity contribution in [3.8, 4) is 0 Å². The lowest BCUT2D eigenvalue weighted by Crippen LogP contribution is -2.47. The van der Waals surface area contributed by atoms with E-state index in [9.17, 15) is 13.2 Å². The predicted molar refractivity (Wildman–Crippen MR) is 95.3 cm³/mol. The average molecular weight is 374 g/mol. The van der Waals surface area contributed by atoms with E-state index in [4.69, 9.17) is 23.1 Å². The van der Waals surface area contributed by atoms with Gasteiger partial charge in [-0.3, -0.25) is 9.69 Å². The van der Waals surface area contributed by atoms with Crippen LogP contribution < -0.4 is 11.5 Å². The Morgan fingerprint density at radius 3 is 2.58 bits per heavy atom. The monoisotopic (exact) mass is 373 g/mol. The smallest absolute Gasteiger partial charge is 0.155 e. The summed E-state index contributed by atoms with van der Waals surface area (Å²) >= 11 is 5.88. The molecule has 3 atom stereocenters. The molecule has 134 valence electrons. The molecule has 2 rings (SSSR count). The Bertz CT molecular complexity index is 678. The van der Waals surface area contributed by atoms with Crippen LogP contribution in [0.15, 0.2) is 24.3 Å². The van der Waals surface area contributed by atoms with Gasteiger partial charge < -0.3 is 11.5 Å². The van der Waals surface area contributed by atoms with Crippen LogP contribution in [0, 0.1) is 5.92 Å². The Balaban J connectivity index is 1.93. The van der Waals surface area contributed by atoms with Crippen LogP contribution in [0.5, 0.6) is 0 Å². The van der Waals surface area contributed by atoms with E-state index in [-0.39, 0.29) is 23.9 Å². The van der Waals surface area contributed by atoms with Gasteiger partial charge in [0.25, 0.3) is 0 Å². The van der Waals surface area contributed by atoms with E-state index in [1.54, 1.807) is 0 Å². The Morgan fingerprint density at radius 2 is 2.00 bits per heavy atom. The molecule has 1 heterocycles. The van der Waals surface area contributed by atoms with Gasteiger partial charge in [0.2, 0.25) is 0 Å². The van der Waals surface area contributed by atoms with Gasteiger partial charge in [0.15, 0.2) is 5.78 Å². The third-order valence-corrected chi connectivity index (χ3v) is 5.62. The Hall–Kier alpha value is -0.990. The number of hydrogen-bond acceptors (Lipinski definition) is 6. The molecule has 0 spiro atoms. The predicted octanol–water partition coefficient (Wildman–Crippen LogP) is 0.778. The van der Waals surface area contributed by atoms with Crippen LogP contribution in [0.25, 0.3) is 0 Å². The molecule has 6 nitrogen and oxygen atoms in total. The van der Waals surface area contributed by atoms with Gasteiger partial charge in [0.05, 0.1) is 18.0 Å². The average Bonchev–Trinajstić information content (AvgIpc) is 2.87. The molecule has 1 aliphatic heterocycles. The van der Waals surface area contributed by atoms with Crippen LogP contribution in [0.1, 0.15) is 18.4 Å². The molecule has 0 aliphatic carbocycles. The zero-order chi connectivity index (χ0) is 17.9. The number of sulfone groups is 1. The second-order valence-electron chi connectivity index (χ2n) is 6.41. The highest BCUT2D eigenvalue weighted by molar-refractivity contribution is 7.90. The maximum Gasteiger partial charge on any atom is 0.155 e. The molecular weight excluding hydrogens is 350 g/mol. The second-order valence-corrected chi connectivity index (χ2v) is 9.11. The van der Waals surface area contributed by atoms with Gasteiger partial charge in [-0.25, -0.2) is 8.42 Å². The van der Waals surface area contributed by atoms with Crippen LogP contribution in [0.3, 0.4) is 0 Å². The van der Waals surface area contributed by atoms with E-state index < -0.39 is 22.0 Å². The minimum Gasteiger partial charge on any atom is -0.321 e. The number of hydrogen-bond donors (Lipinski definition) is 2. The van der Waals surface area contributed by atoms with Gasteiger partial charge in [-0.05, 0) is 30.5 Å². The fraction of sp³-hybridized carbons (Fsp3) is 0.562. The van der Waals surface area contributed by atoms with Gasteiger partial charge in [-0.1, -0.05) is 23.7 Å². The fourth-order valence-corrected chi connectivity index (χ4v) is 3.76. The SMILES string of the molecule is CS(=O)(=O)CC[C@H](N)C(=O)C1CCN(Cc2ccc(Cl)cc2)[C@H]1N. The summed E-state index contributed by atoms with van der Waals surface area (Å²) in [6, 6.07) is 6.72. The van der Waals surface area contributed by atoms with Crippen LogP contribution in [-0.4, -0.2) is 49.9 Å². The molecule has 24 heavy (non-hydrogen) atoms. The molecule has 4 N–H and O–H groups in total. The van der Waals surface area contributed by atoms with Gasteiger partial charge in [0.1, 0.15) is 9.84 Å². The Labute approximate surface area is 148 Å². The number of likely N-dealkylation sites (tertiary alicyclic amines) is 1. The zero-order valence-corrected chi connectivity index (χ0v) is 15.3. The van der Waals surface area contributed by atoms with E-state index in [0.29, 0.717) is 24.5 Å². The first-order chi connectivity index (χ1) is 11.2. The lowest BCUT2D eigenvalue weighted by molar-refractivity contribution is -0.124. The van der Waals surface area contributed by atoms with Crippen LogP contribution >= 0.6 is 11.6 Å². The first-order valence-corrected chi connectivity index (χ1v) is 10.3. The van der Waals surface area contributed by atoms with Crippen LogP contribution in [0.4, 0.5) is 0 Å². The first-order valence-electron chi connectivity index (χ1n) is 7.88. The molecule has 0 aromatic heterocycles. The summed E-state index contributed by atoms with van der Waals surface area (Å²) in [6.07, 6.45) is 1.51. The molecule has 1 aromatic rings. The summed E-state index contributed by atoms with van der Waals surface area (Å²) in [7, 11) is -3.13. The Kier molecular flexibility index (Phi) is 6.39. The van der Waals surface area contributed by atoms with Crippen molar-refractivity contribution in [2.45, 2.75) is 31.6 Å². The molecule has 1 fully saturated rings. The maximum absolute atomic E-state index is 12.5. The van der Waals surface area contributed by atoms with Crippen LogP contribution in [0.2, 0.25) is 5.02 Å². The highest BCUT2D eigenvalue weighted by atomic mass is 35.5. The molecule has 0 radical (unpaired) electrons. The van der Waals surface area contributed by atoms with Crippen LogP contribution in [-0.2, 0) is 21.2 Å². The number of nitrogens with zero attached hydrogens (tertiary/aromatic N) is 1. The van der Waals surface area contributed by atoms with Gasteiger partial charge in [0, 0.05) is 30.3 Å². The number of ketones is 1. The first kappa shape index (κ1) is 19.3. The third kappa shape index (κ3) is 5.26. The summed E-state index contributed by atoms with van der Waals surface area (Å²) in [4.78, 5) is 14.5. The molecule has 8 heteroatoms. The molecule has 0 bridgehead atoms. The van der Waals surface area contributed by atoms with Crippen molar-refractivity contribution in [2.24, 2.45) is 17.4 Å². The largest absolute Gasteiger partial charge is 0.321 e. The molecular formula is C16H24ClN3O3S. The van der Waals surface area contributed by atoms with Crippen molar-refractivity contribution in [3.63, 3.8) is 0 Å². The molecule has 1 saturated heterocycles. The minimum atomic E-state index is -3.13. The maximum atomic E-state index is 12.5. The lowest BCUT2D eigenvalue weighted by Gasteiger charge is -2.25. The van der Waals surface area contributed by atoms with Crippen molar-refractivity contribution >= 4 is 27.2 Å². The standard InChI is InChI=1S/C16H24ClN3O3S/c1-24(22,23)9-7-14(18)15(21)13-6-8-20(16(13)19)10-11-2-4-12(17)5-3-11/h2-5,13-14,16H,6-10,18-19H2,1H3/t13?,14-,16+/m0/s1. The summed E-state index contributed by atoms with van der Waals surface area (Å²) in [5, 5.41) is 0.675. The van der Waals surface area contributed by atoms with E-state index in [0.717, 1.165) is 11.8 Å². The number of rotatable bonds is 7. The van der Waals surface area contributed by atoms with Crippen molar-refractivity contribution in [1.82, 2.24) is 4.90 Å². The van der Waals surface area contributed by atoms with Gasteiger partial charge in [-0.2, -0.15) is 0 Å². The number of carbonyl (C=O) groups excluding carboxylic acids is 1. The second kappa shape index (κ2) is 7.93. The number of halogens is 1.